The summed E-state index contributed by atoms with van der Waals surface area (Å²) in [6, 6.07) is 0. The summed E-state index contributed by atoms with van der Waals surface area (Å²) in [7, 11) is 0. The summed E-state index contributed by atoms with van der Waals surface area (Å²) < 4.78 is 10.7. The minimum Gasteiger partial charge on any atom is -0.389 e. The Morgan fingerprint density at radius 3 is 2.72 bits per heavy atom. The summed E-state index contributed by atoms with van der Waals surface area (Å²) >= 11 is 0. The molecule has 1 aliphatic carbocycles. The minimum atomic E-state index is -0.403. The number of aliphatic hydroxyl groups is 1. The SMILES string of the molecule is CCCCOCCOCC(O)CNCCC1CC1. The predicted octanol–water partition coefficient (Wildman–Crippen LogP) is 1.57. The summed E-state index contributed by atoms with van der Waals surface area (Å²) in [6.07, 6.45) is 5.90. The zero-order valence-corrected chi connectivity index (χ0v) is 11.7. The quantitative estimate of drug-likeness (QED) is 0.493. The van der Waals surface area contributed by atoms with Crippen LogP contribution in [-0.2, 0) is 9.47 Å². The van der Waals surface area contributed by atoms with Crippen LogP contribution in [-0.4, -0.2) is 50.7 Å². The van der Waals surface area contributed by atoms with Gasteiger partial charge < -0.3 is 19.9 Å². The van der Waals surface area contributed by atoms with Gasteiger partial charge in [0.25, 0.3) is 0 Å². The zero-order valence-electron chi connectivity index (χ0n) is 11.7. The molecule has 0 radical (unpaired) electrons. The lowest BCUT2D eigenvalue weighted by Gasteiger charge is -2.12. The number of hydrogen-bond acceptors (Lipinski definition) is 4. The van der Waals surface area contributed by atoms with Crippen LogP contribution in [0.1, 0.15) is 39.0 Å². The van der Waals surface area contributed by atoms with Crippen LogP contribution >= 0.6 is 0 Å². The van der Waals surface area contributed by atoms with Gasteiger partial charge in [0.15, 0.2) is 0 Å². The second-order valence-electron chi connectivity index (χ2n) is 5.13. The van der Waals surface area contributed by atoms with Crippen molar-refractivity contribution in [1.82, 2.24) is 5.32 Å². The molecule has 0 saturated heterocycles. The van der Waals surface area contributed by atoms with Gasteiger partial charge in [-0.05, 0) is 25.3 Å². The largest absolute Gasteiger partial charge is 0.389 e. The van der Waals surface area contributed by atoms with Crippen LogP contribution in [0.5, 0.6) is 0 Å². The van der Waals surface area contributed by atoms with Crippen molar-refractivity contribution in [3.05, 3.63) is 0 Å². The highest BCUT2D eigenvalue weighted by Crippen LogP contribution is 2.31. The fourth-order valence-corrected chi connectivity index (χ4v) is 1.73. The fourth-order valence-electron chi connectivity index (χ4n) is 1.73. The molecule has 108 valence electrons. The molecular weight excluding hydrogens is 230 g/mol. The fraction of sp³-hybridized carbons (Fsp3) is 1.00. The number of ether oxygens (including phenoxy) is 2. The van der Waals surface area contributed by atoms with E-state index in [-0.39, 0.29) is 0 Å². The summed E-state index contributed by atoms with van der Waals surface area (Å²) in [5, 5.41) is 12.9. The second kappa shape index (κ2) is 10.7. The van der Waals surface area contributed by atoms with E-state index < -0.39 is 6.10 Å². The van der Waals surface area contributed by atoms with Crippen LogP contribution in [0.2, 0.25) is 0 Å². The lowest BCUT2D eigenvalue weighted by atomic mass is 10.3. The van der Waals surface area contributed by atoms with Gasteiger partial charge in [0.1, 0.15) is 0 Å². The van der Waals surface area contributed by atoms with Crippen molar-refractivity contribution in [1.29, 1.82) is 0 Å². The first-order valence-electron chi connectivity index (χ1n) is 7.37. The van der Waals surface area contributed by atoms with Crippen molar-refractivity contribution < 1.29 is 14.6 Å². The lowest BCUT2D eigenvalue weighted by Crippen LogP contribution is -2.31. The Bertz CT molecular complexity index is 186. The first-order chi connectivity index (χ1) is 8.83. The molecule has 0 aromatic heterocycles. The lowest BCUT2D eigenvalue weighted by molar-refractivity contribution is 0.00395. The number of unbranched alkanes of at least 4 members (excludes halogenated alkanes) is 1. The van der Waals surface area contributed by atoms with Crippen molar-refractivity contribution in [2.24, 2.45) is 5.92 Å². The van der Waals surface area contributed by atoms with E-state index >= 15 is 0 Å². The summed E-state index contributed by atoms with van der Waals surface area (Å²) in [6.45, 7) is 6.20. The van der Waals surface area contributed by atoms with Gasteiger partial charge in [-0.1, -0.05) is 26.2 Å². The van der Waals surface area contributed by atoms with E-state index in [1.54, 1.807) is 0 Å². The highest BCUT2D eigenvalue weighted by molar-refractivity contribution is 4.73. The molecule has 2 N–H and O–H groups in total. The van der Waals surface area contributed by atoms with Crippen LogP contribution in [0.15, 0.2) is 0 Å². The monoisotopic (exact) mass is 259 g/mol. The summed E-state index contributed by atoms with van der Waals surface area (Å²) in [4.78, 5) is 0. The van der Waals surface area contributed by atoms with E-state index in [0.29, 0.717) is 26.4 Å². The molecule has 0 amide bonds. The van der Waals surface area contributed by atoms with Crippen molar-refractivity contribution in [3.8, 4) is 0 Å². The zero-order chi connectivity index (χ0) is 13.1. The molecule has 1 fully saturated rings. The van der Waals surface area contributed by atoms with Gasteiger partial charge in [0, 0.05) is 13.2 Å². The first-order valence-corrected chi connectivity index (χ1v) is 7.37. The van der Waals surface area contributed by atoms with Crippen molar-refractivity contribution >= 4 is 0 Å². The molecule has 0 aromatic carbocycles. The molecule has 1 aliphatic rings. The van der Waals surface area contributed by atoms with Gasteiger partial charge in [-0.2, -0.15) is 0 Å². The van der Waals surface area contributed by atoms with Crippen LogP contribution in [0.4, 0.5) is 0 Å². The third-order valence-electron chi connectivity index (χ3n) is 3.13. The maximum atomic E-state index is 9.64. The van der Waals surface area contributed by atoms with Gasteiger partial charge in [0.2, 0.25) is 0 Å². The molecule has 4 heteroatoms. The van der Waals surface area contributed by atoms with E-state index in [4.69, 9.17) is 9.47 Å². The third-order valence-corrected chi connectivity index (χ3v) is 3.13. The Kier molecular flexibility index (Phi) is 9.48. The molecule has 0 heterocycles. The number of hydrogen-bond donors (Lipinski definition) is 2. The van der Waals surface area contributed by atoms with Gasteiger partial charge in [-0.15, -0.1) is 0 Å². The Hall–Kier alpha value is -0.160. The maximum Gasteiger partial charge on any atom is 0.0897 e. The average molecular weight is 259 g/mol. The summed E-state index contributed by atoms with van der Waals surface area (Å²) in [5.41, 5.74) is 0. The van der Waals surface area contributed by atoms with Gasteiger partial charge in [-0.3, -0.25) is 0 Å². The van der Waals surface area contributed by atoms with Crippen LogP contribution in [0, 0.1) is 5.92 Å². The molecule has 1 saturated carbocycles. The van der Waals surface area contributed by atoms with E-state index in [2.05, 4.69) is 12.2 Å². The van der Waals surface area contributed by atoms with Crippen molar-refractivity contribution in [2.75, 3.05) is 39.5 Å². The van der Waals surface area contributed by atoms with Crippen molar-refractivity contribution in [2.45, 2.75) is 45.1 Å². The molecule has 18 heavy (non-hydrogen) atoms. The molecule has 1 unspecified atom stereocenters. The highest BCUT2D eigenvalue weighted by atomic mass is 16.5. The van der Waals surface area contributed by atoms with Crippen LogP contribution in [0.3, 0.4) is 0 Å². The molecule has 0 bridgehead atoms. The Balaban J connectivity index is 1.73. The minimum absolute atomic E-state index is 0.396. The summed E-state index contributed by atoms with van der Waals surface area (Å²) in [5.74, 6) is 0.950. The molecule has 1 rings (SSSR count). The van der Waals surface area contributed by atoms with Crippen molar-refractivity contribution in [3.63, 3.8) is 0 Å². The topological polar surface area (TPSA) is 50.7 Å². The van der Waals surface area contributed by atoms with E-state index in [0.717, 1.165) is 31.9 Å². The maximum absolute atomic E-state index is 9.64. The molecule has 0 spiro atoms. The first kappa shape index (κ1) is 15.9. The smallest absolute Gasteiger partial charge is 0.0897 e. The Labute approximate surface area is 111 Å². The second-order valence-corrected chi connectivity index (χ2v) is 5.13. The predicted molar refractivity (Wildman–Crippen MR) is 72.8 cm³/mol. The molecular formula is C14H29NO3. The Morgan fingerprint density at radius 2 is 2.00 bits per heavy atom. The number of nitrogens with one attached hydrogen (secondary N) is 1. The van der Waals surface area contributed by atoms with E-state index in [1.165, 1.54) is 19.3 Å². The molecule has 0 aromatic rings. The molecule has 4 nitrogen and oxygen atoms in total. The highest BCUT2D eigenvalue weighted by Gasteiger charge is 2.20. The normalized spacial score (nSPS) is 17.0. The third kappa shape index (κ3) is 9.83. The van der Waals surface area contributed by atoms with Crippen LogP contribution < -0.4 is 5.32 Å². The van der Waals surface area contributed by atoms with E-state index in [1.807, 2.05) is 0 Å². The Morgan fingerprint density at radius 1 is 1.22 bits per heavy atom. The van der Waals surface area contributed by atoms with Gasteiger partial charge in [-0.25, -0.2) is 0 Å². The van der Waals surface area contributed by atoms with Gasteiger partial charge in [0.05, 0.1) is 25.9 Å². The van der Waals surface area contributed by atoms with Crippen LogP contribution in [0.25, 0.3) is 0 Å². The number of aliphatic hydroxyl groups excluding tert-OH is 1. The molecule has 1 atom stereocenters. The van der Waals surface area contributed by atoms with Gasteiger partial charge >= 0.3 is 0 Å². The van der Waals surface area contributed by atoms with E-state index in [9.17, 15) is 5.11 Å². The number of rotatable bonds is 13. The average Bonchev–Trinajstić information content (AvgIpc) is 3.18. The standard InChI is InChI=1S/C14H29NO3/c1-2-3-8-17-9-10-18-12-14(16)11-15-7-6-13-4-5-13/h13-16H,2-12H2,1H3. The molecule has 0 aliphatic heterocycles.